The van der Waals surface area contributed by atoms with E-state index in [0.717, 1.165) is 52.1 Å². The monoisotopic (exact) mass is 341 g/mol. The van der Waals surface area contributed by atoms with Gasteiger partial charge in [0.05, 0.1) is 25.1 Å². The molecule has 134 valence electrons. The van der Waals surface area contributed by atoms with E-state index in [1.165, 1.54) is 5.56 Å². The van der Waals surface area contributed by atoms with Crippen molar-refractivity contribution in [2.24, 2.45) is 0 Å². The van der Waals surface area contributed by atoms with Crippen molar-refractivity contribution in [3.05, 3.63) is 54.6 Å². The molecule has 25 heavy (non-hydrogen) atoms. The van der Waals surface area contributed by atoms with Crippen molar-refractivity contribution in [1.82, 2.24) is 14.5 Å². The van der Waals surface area contributed by atoms with Crippen molar-refractivity contribution < 1.29 is 9.84 Å². The molecular formula is C20H27N3O2. The second-order valence-electron chi connectivity index (χ2n) is 7.68. The maximum atomic E-state index is 10.9. The van der Waals surface area contributed by atoms with Crippen LogP contribution in [0, 0.1) is 0 Å². The number of nitrogens with zero attached hydrogens (tertiary/aromatic N) is 3. The molecule has 1 atom stereocenters. The lowest BCUT2D eigenvalue weighted by Crippen LogP contribution is -2.50. The third kappa shape index (κ3) is 3.64. The van der Waals surface area contributed by atoms with E-state index < -0.39 is 5.60 Å². The Morgan fingerprint density at radius 2 is 1.88 bits per heavy atom. The molecule has 2 aliphatic heterocycles. The molecule has 2 saturated heterocycles. The zero-order chi connectivity index (χ0) is 17.2. The third-order valence-corrected chi connectivity index (χ3v) is 5.84. The summed E-state index contributed by atoms with van der Waals surface area (Å²) in [6, 6.07) is 10.8. The average Bonchev–Trinajstić information content (AvgIpc) is 3.31. The summed E-state index contributed by atoms with van der Waals surface area (Å²) in [7, 11) is 0. The third-order valence-electron chi connectivity index (χ3n) is 5.84. The lowest BCUT2D eigenvalue weighted by molar-refractivity contribution is -0.0383. The van der Waals surface area contributed by atoms with Gasteiger partial charge in [-0.2, -0.15) is 0 Å². The molecule has 0 radical (unpaired) electrons. The fraction of sp³-hybridized carbons (Fsp3) is 0.550. The van der Waals surface area contributed by atoms with Crippen LogP contribution < -0.4 is 0 Å². The lowest BCUT2D eigenvalue weighted by Gasteiger charge is -2.42. The minimum Gasteiger partial charge on any atom is -0.388 e. The van der Waals surface area contributed by atoms with Crippen molar-refractivity contribution in [3.63, 3.8) is 0 Å². The summed E-state index contributed by atoms with van der Waals surface area (Å²) < 4.78 is 7.76. The first-order chi connectivity index (χ1) is 12.2. The van der Waals surface area contributed by atoms with Gasteiger partial charge in [-0.25, -0.2) is 4.98 Å². The summed E-state index contributed by atoms with van der Waals surface area (Å²) in [4.78, 5) is 6.58. The molecule has 2 aromatic rings. The van der Waals surface area contributed by atoms with Crippen LogP contribution in [0.3, 0.4) is 0 Å². The number of rotatable bonds is 5. The van der Waals surface area contributed by atoms with E-state index in [0.29, 0.717) is 6.54 Å². The van der Waals surface area contributed by atoms with Gasteiger partial charge in [0.2, 0.25) is 0 Å². The number of hydrogen-bond acceptors (Lipinski definition) is 4. The molecule has 1 N–H and O–H groups in total. The lowest BCUT2D eigenvalue weighted by atomic mass is 9.78. The number of hydrogen-bond donors (Lipinski definition) is 1. The van der Waals surface area contributed by atoms with Gasteiger partial charge in [-0.1, -0.05) is 30.3 Å². The van der Waals surface area contributed by atoms with Crippen LogP contribution in [0.2, 0.25) is 0 Å². The molecule has 5 heteroatoms. The molecule has 0 unspecified atom stereocenters. The quantitative estimate of drug-likeness (QED) is 0.905. The van der Waals surface area contributed by atoms with E-state index in [1.807, 2.05) is 10.8 Å². The van der Waals surface area contributed by atoms with E-state index in [-0.39, 0.29) is 5.41 Å². The standard InChI is InChI=1S/C20H27N3O2/c24-20(15-23-12-9-21-17-23)6-10-22(11-7-20)14-19(8-13-25-16-19)18-4-2-1-3-5-18/h1-5,9,12,17,24H,6-8,10-11,13-16H2/t19-/m0/s1. The highest BCUT2D eigenvalue weighted by atomic mass is 16.5. The number of imidazole rings is 1. The number of likely N-dealkylation sites (tertiary alicyclic amines) is 1. The Morgan fingerprint density at radius 3 is 2.52 bits per heavy atom. The summed E-state index contributed by atoms with van der Waals surface area (Å²) >= 11 is 0. The van der Waals surface area contributed by atoms with Gasteiger partial charge in [0.1, 0.15) is 0 Å². The zero-order valence-corrected chi connectivity index (χ0v) is 14.7. The van der Waals surface area contributed by atoms with Crippen molar-refractivity contribution >= 4 is 0 Å². The van der Waals surface area contributed by atoms with Crippen molar-refractivity contribution in [3.8, 4) is 0 Å². The van der Waals surface area contributed by atoms with Gasteiger partial charge in [0, 0.05) is 44.0 Å². The molecule has 1 aromatic heterocycles. The Balaban J connectivity index is 1.40. The molecule has 4 rings (SSSR count). The number of benzene rings is 1. The SMILES string of the molecule is OC1(Cn2ccnc2)CCN(C[C@@]2(c3ccccc3)CCOC2)CC1. The second kappa shape index (κ2) is 6.90. The molecule has 5 nitrogen and oxygen atoms in total. The van der Waals surface area contributed by atoms with E-state index in [9.17, 15) is 5.11 Å². The van der Waals surface area contributed by atoms with Crippen molar-refractivity contribution in [1.29, 1.82) is 0 Å². The molecule has 1 aromatic carbocycles. The van der Waals surface area contributed by atoms with Crippen LogP contribution >= 0.6 is 0 Å². The highest BCUT2D eigenvalue weighted by Crippen LogP contribution is 2.35. The topological polar surface area (TPSA) is 50.5 Å². The summed E-state index contributed by atoms with van der Waals surface area (Å²) in [6.07, 6.45) is 8.15. The number of aliphatic hydroxyl groups is 1. The summed E-state index contributed by atoms with van der Waals surface area (Å²) in [6.45, 7) is 5.14. The number of piperidine rings is 1. The van der Waals surface area contributed by atoms with Gasteiger partial charge in [-0.05, 0) is 24.8 Å². The van der Waals surface area contributed by atoms with E-state index in [2.05, 4.69) is 40.2 Å². The van der Waals surface area contributed by atoms with Crippen LogP contribution in [-0.4, -0.2) is 58.0 Å². The highest BCUT2D eigenvalue weighted by Gasteiger charge is 2.40. The van der Waals surface area contributed by atoms with Crippen LogP contribution in [0.5, 0.6) is 0 Å². The van der Waals surface area contributed by atoms with Crippen LogP contribution in [-0.2, 0) is 16.7 Å². The number of ether oxygens (including phenoxy) is 1. The molecule has 0 amide bonds. The van der Waals surface area contributed by atoms with Crippen LogP contribution in [0.1, 0.15) is 24.8 Å². The molecule has 0 aliphatic carbocycles. The van der Waals surface area contributed by atoms with Crippen molar-refractivity contribution in [2.45, 2.75) is 36.8 Å². The first kappa shape index (κ1) is 16.8. The molecule has 0 bridgehead atoms. The normalized spacial score (nSPS) is 26.8. The molecule has 0 saturated carbocycles. The first-order valence-corrected chi connectivity index (χ1v) is 9.21. The highest BCUT2D eigenvalue weighted by molar-refractivity contribution is 5.27. The van der Waals surface area contributed by atoms with Gasteiger partial charge < -0.3 is 19.3 Å². The Hall–Kier alpha value is -1.69. The van der Waals surface area contributed by atoms with E-state index in [4.69, 9.17) is 4.74 Å². The van der Waals surface area contributed by atoms with Crippen LogP contribution in [0.4, 0.5) is 0 Å². The van der Waals surface area contributed by atoms with Gasteiger partial charge in [-0.15, -0.1) is 0 Å². The average molecular weight is 341 g/mol. The smallest absolute Gasteiger partial charge is 0.0946 e. The summed E-state index contributed by atoms with van der Waals surface area (Å²) in [5, 5.41) is 10.9. The Kier molecular flexibility index (Phi) is 4.63. The molecule has 0 spiro atoms. The maximum Gasteiger partial charge on any atom is 0.0946 e. The minimum atomic E-state index is -0.622. The van der Waals surface area contributed by atoms with Gasteiger partial charge >= 0.3 is 0 Å². The Bertz CT molecular complexity index is 658. The summed E-state index contributed by atoms with van der Waals surface area (Å²) in [5.74, 6) is 0. The van der Waals surface area contributed by atoms with Crippen LogP contribution in [0.25, 0.3) is 0 Å². The van der Waals surface area contributed by atoms with E-state index >= 15 is 0 Å². The van der Waals surface area contributed by atoms with Gasteiger partial charge in [0.25, 0.3) is 0 Å². The van der Waals surface area contributed by atoms with Crippen LogP contribution in [0.15, 0.2) is 49.1 Å². The fourth-order valence-corrected chi connectivity index (χ4v) is 4.28. The Labute approximate surface area is 149 Å². The molecule has 2 fully saturated rings. The predicted octanol–water partition coefficient (Wildman–Crippen LogP) is 2.07. The molecule has 2 aliphatic rings. The Morgan fingerprint density at radius 1 is 1.08 bits per heavy atom. The summed E-state index contributed by atoms with van der Waals surface area (Å²) in [5.41, 5.74) is 0.858. The number of aromatic nitrogens is 2. The molecule has 3 heterocycles. The van der Waals surface area contributed by atoms with Gasteiger partial charge in [0.15, 0.2) is 0 Å². The predicted molar refractivity (Wildman–Crippen MR) is 96.4 cm³/mol. The minimum absolute atomic E-state index is 0.0983. The maximum absolute atomic E-state index is 10.9. The van der Waals surface area contributed by atoms with Gasteiger partial charge in [-0.3, -0.25) is 0 Å². The molecular weight excluding hydrogens is 314 g/mol. The van der Waals surface area contributed by atoms with E-state index in [1.54, 1.807) is 12.5 Å². The zero-order valence-electron chi connectivity index (χ0n) is 14.7. The first-order valence-electron chi connectivity index (χ1n) is 9.21. The van der Waals surface area contributed by atoms with Crippen molar-refractivity contribution in [2.75, 3.05) is 32.8 Å². The second-order valence-corrected chi connectivity index (χ2v) is 7.68. The fourth-order valence-electron chi connectivity index (χ4n) is 4.28. The largest absolute Gasteiger partial charge is 0.388 e.